The number of nitrogens with zero attached hydrogens (tertiary/aromatic N) is 1. The van der Waals surface area contributed by atoms with Crippen LogP contribution in [-0.4, -0.2) is 0 Å². The van der Waals surface area contributed by atoms with Gasteiger partial charge in [0.15, 0.2) is 0 Å². The second kappa shape index (κ2) is 13.5. The van der Waals surface area contributed by atoms with Gasteiger partial charge in [0.05, 0.1) is 0 Å². The van der Waals surface area contributed by atoms with E-state index in [4.69, 9.17) is 5.26 Å². The molecule has 5 aromatic rings. The molecule has 5 aromatic carbocycles. The molecule has 0 fully saturated rings. The zero-order chi connectivity index (χ0) is 33.0. The standard InChI is InChI=1S/C37H26F7NO/c1-2-3-4-5-22-6-8-23(9-7-22)26-14-15-29(31(38)16-26)25-12-10-24(11-13-25)27-17-34(41)36(35(42)18-27)37(43,44)46-28-19-32(39)30(21-45)33(40)20-28/h6-20H,2-5H2,1H3. The van der Waals surface area contributed by atoms with Gasteiger partial charge in [0.25, 0.3) is 0 Å². The molecule has 0 aliphatic heterocycles. The van der Waals surface area contributed by atoms with Crippen molar-refractivity contribution in [2.24, 2.45) is 0 Å². The fraction of sp³-hybridized carbons (Fsp3) is 0.162. The van der Waals surface area contributed by atoms with Crippen LogP contribution in [0.2, 0.25) is 0 Å². The molecule has 0 radical (unpaired) electrons. The van der Waals surface area contributed by atoms with E-state index >= 15 is 4.39 Å². The molecule has 0 N–H and O–H groups in total. The first kappa shape index (κ1) is 32.3. The maximum Gasteiger partial charge on any atom is 0.432 e. The number of ether oxygens (including phenoxy) is 1. The van der Waals surface area contributed by atoms with Gasteiger partial charge in [-0.05, 0) is 64.4 Å². The molecule has 9 heteroatoms. The fourth-order valence-electron chi connectivity index (χ4n) is 5.15. The average Bonchev–Trinajstić information content (AvgIpc) is 3.01. The van der Waals surface area contributed by atoms with Gasteiger partial charge >= 0.3 is 6.11 Å². The van der Waals surface area contributed by atoms with E-state index in [9.17, 15) is 26.3 Å². The highest BCUT2D eigenvalue weighted by molar-refractivity contribution is 5.74. The molecule has 2 nitrogen and oxygen atoms in total. The van der Waals surface area contributed by atoms with E-state index in [2.05, 4.69) is 11.7 Å². The summed E-state index contributed by atoms with van der Waals surface area (Å²) in [5.41, 5.74) is 0.953. The van der Waals surface area contributed by atoms with E-state index in [1.54, 1.807) is 12.1 Å². The van der Waals surface area contributed by atoms with Crippen molar-refractivity contribution in [2.75, 3.05) is 0 Å². The lowest BCUT2D eigenvalue weighted by molar-refractivity contribution is -0.189. The molecular formula is C37H26F7NO. The van der Waals surface area contributed by atoms with Crippen LogP contribution in [0.1, 0.15) is 42.9 Å². The Labute approximate surface area is 261 Å². The third kappa shape index (κ3) is 6.91. The first-order valence-electron chi connectivity index (χ1n) is 14.5. The molecule has 0 heterocycles. The largest absolute Gasteiger partial charge is 0.432 e. The maximum atomic E-state index is 15.2. The van der Waals surface area contributed by atoms with E-state index in [1.807, 2.05) is 24.3 Å². The number of rotatable bonds is 10. The topological polar surface area (TPSA) is 33.0 Å². The van der Waals surface area contributed by atoms with Crippen molar-refractivity contribution in [1.29, 1.82) is 5.26 Å². The molecule has 46 heavy (non-hydrogen) atoms. The third-order valence-electron chi connectivity index (χ3n) is 7.56. The Hall–Kier alpha value is -5.10. The number of alkyl halides is 2. The number of hydrogen-bond donors (Lipinski definition) is 0. The summed E-state index contributed by atoms with van der Waals surface area (Å²) in [5, 5.41) is 8.72. The van der Waals surface area contributed by atoms with E-state index in [1.165, 1.54) is 48.4 Å². The highest BCUT2D eigenvalue weighted by Crippen LogP contribution is 2.38. The predicted molar refractivity (Wildman–Crippen MR) is 161 cm³/mol. The summed E-state index contributed by atoms with van der Waals surface area (Å²) in [7, 11) is 0. The molecule has 0 unspecified atom stereocenters. The number of aryl methyl sites for hydroxylation is 1. The summed E-state index contributed by atoms with van der Waals surface area (Å²) < 4.78 is 106. The predicted octanol–water partition coefficient (Wildman–Crippen LogP) is 11.1. The monoisotopic (exact) mass is 633 g/mol. The molecule has 0 bridgehead atoms. The zero-order valence-corrected chi connectivity index (χ0v) is 24.5. The molecule has 0 aliphatic rings. The Bertz CT molecular complexity index is 1870. The molecule has 0 amide bonds. The van der Waals surface area contributed by atoms with Gasteiger partial charge in [-0.25, -0.2) is 22.0 Å². The molecular weight excluding hydrogens is 607 g/mol. The molecule has 0 aromatic heterocycles. The first-order chi connectivity index (χ1) is 22.0. The Morgan fingerprint density at radius 2 is 1.13 bits per heavy atom. The highest BCUT2D eigenvalue weighted by Gasteiger charge is 2.41. The number of unbranched alkanes of at least 4 members (excludes halogenated alkanes) is 2. The van der Waals surface area contributed by atoms with Crippen LogP contribution in [0.5, 0.6) is 5.75 Å². The van der Waals surface area contributed by atoms with Crippen LogP contribution in [0.3, 0.4) is 0 Å². The minimum Gasteiger partial charge on any atom is -0.429 e. The quantitative estimate of drug-likeness (QED) is 0.113. The summed E-state index contributed by atoms with van der Waals surface area (Å²) in [6, 6.07) is 22.0. The lowest BCUT2D eigenvalue weighted by Gasteiger charge is -2.20. The van der Waals surface area contributed by atoms with Crippen molar-refractivity contribution < 1.29 is 35.5 Å². The second-order valence-electron chi connectivity index (χ2n) is 10.7. The van der Waals surface area contributed by atoms with Gasteiger partial charge < -0.3 is 4.74 Å². The van der Waals surface area contributed by atoms with Gasteiger partial charge in [0, 0.05) is 17.7 Å². The summed E-state index contributed by atoms with van der Waals surface area (Å²) in [6.45, 7) is 2.15. The molecule has 0 saturated carbocycles. The van der Waals surface area contributed by atoms with Crippen molar-refractivity contribution >= 4 is 0 Å². The van der Waals surface area contributed by atoms with Crippen molar-refractivity contribution in [3.05, 3.63) is 137 Å². The summed E-state index contributed by atoms with van der Waals surface area (Å²) >= 11 is 0. The van der Waals surface area contributed by atoms with Crippen molar-refractivity contribution in [3.8, 4) is 45.2 Å². The van der Waals surface area contributed by atoms with Crippen LogP contribution in [-0.2, 0) is 12.5 Å². The van der Waals surface area contributed by atoms with E-state index < -0.39 is 52.1 Å². The van der Waals surface area contributed by atoms with Crippen molar-refractivity contribution in [2.45, 2.75) is 38.7 Å². The number of hydrogen-bond acceptors (Lipinski definition) is 2. The van der Waals surface area contributed by atoms with Crippen LogP contribution in [0.25, 0.3) is 33.4 Å². The molecule has 0 aliphatic carbocycles. The van der Waals surface area contributed by atoms with Crippen LogP contribution in [0, 0.1) is 40.4 Å². The summed E-state index contributed by atoms with van der Waals surface area (Å²) in [6.07, 6.45) is -0.242. The average molecular weight is 634 g/mol. The van der Waals surface area contributed by atoms with Crippen LogP contribution >= 0.6 is 0 Å². The number of nitriles is 1. The van der Waals surface area contributed by atoms with Gasteiger partial charge in [-0.15, -0.1) is 0 Å². The Morgan fingerprint density at radius 1 is 0.609 bits per heavy atom. The lowest BCUT2D eigenvalue weighted by Crippen LogP contribution is -2.25. The minimum atomic E-state index is -4.66. The highest BCUT2D eigenvalue weighted by atomic mass is 19.3. The number of halogens is 7. The SMILES string of the molecule is CCCCCc1ccc(-c2ccc(-c3ccc(-c4cc(F)c(C(F)(F)Oc5cc(F)c(C#N)c(F)c5)c(F)c4)cc3)c(F)c2)cc1. The van der Waals surface area contributed by atoms with Gasteiger partial charge in [-0.3, -0.25) is 0 Å². The Kier molecular flexibility index (Phi) is 9.47. The van der Waals surface area contributed by atoms with Gasteiger partial charge in [0.1, 0.15) is 52.0 Å². The second-order valence-corrected chi connectivity index (χ2v) is 10.7. The minimum absolute atomic E-state index is 0.0921. The zero-order valence-electron chi connectivity index (χ0n) is 24.5. The molecule has 234 valence electrons. The van der Waals surface area contributed by atoms with E-state index in [-0.39, 0.29) is 11.1 Å². The van der Waals surface area contributed by atoms with Crippen LogP contribution in [0.15, 0.2) is 91.0 Å². The lowest BCUT2D eigenvalue weighted by atomic mass is 9.96. The molecule has 0 spiro atoms. The molecule has 0 saturated heterocycles. The molecule has 0 atom stereocenters. The molecule has 5 rings (SSSR count). The first-order valence-corrected chi connectivity index (χ1v) is 14.5. The van der Waals surface area contributed by atoms with Gasteiger partial charge in [-0.2, -0.15) is 14.0 Å². The van der Waals surface area contributed by atoms with Crippen LogP contribution in [0.4, 0.5) is 30.7 Å². The Morgan fingerprint density at radius 3 is 1.70 bits per heavy atom. The van der Waals surface area contributed by atoms with Crippen molar-refractivity contribution in [1.82, 2.24) is 0 Å². The fourth-order valence-corrected chi connectivity index (χ4v) is 5.15. The van der Waals surface area contributed by atoms with Gasteiger partial charge in [-0.1, -0.05) is 80.4 Å². The van der Waals surface area contributed by atoms with E-state index in [0.717, 1.165) is 24.8 Å². The summed E-state index contributed by atoms with van der Waals surface area (Å²) in [5.74, 6) is -7.85. The smallest absolute Gasteiger partial charge is 0.429 e. The summed E-state index contributed by atoms with van der Waals surface area (Å²) in [4.78, 5) is 0. The van der Waals surface area contributed by atoms with Crippen molar-refractivity contribution in [3.63, 3.8) is 0 Å². The van der Waals surface area contributed by atoms with E-state index in [0.29, 0.717) is 41.0 Å². The van der Waals surface area contributed by atoms with Gasteiger partial charge in [0.2, 0.25) is 0 Å². The number of benzene rings is 5. The third-order valence-corrected chi connectivity index (χ3v) is 7.56. The normalized spacial score (nSPS) is 11.4. The van der Waals surface area contributed by atoms with Crippen LogP contribution < -0.4 is 4.74 Å². The maximum absolute atomic E-state index is 15.2. The Balaban J connectivity index is 1.34.